The summed E-state index contributed by atoms with van der Waals surface area (Å²) in [5.74, 6) is 1.26. The van der Waals surface area contributed by atoms with Gasteiger partial charge in [0.05, 0.1) is 12.2 Å². The van der Waals surface area contributed by atoms with Gasteiger partial charge in [0.2, 0.25) is 0 Å². The fourth-order valence-corrected chi connectivity index (χ4v) is 3.76. The summed E-state index contributed by atoms with van der Waals surface area (Å²) in [6, 6.07) is 25.7. The van der Waals surface area contributed by atoms with Gasteiger partial charge in [-0.1, -0.05) is 73.7 Å². The Kier molecular flexibility index (Phi) is 5.94. The van der Waals surface area contributed by atoms with E-state index in [0.29, 0.717) is 18.2 Å². The number of rotatable bonds is 7. The Hall–Kier alpha value is -4.59. The number of nitrogens with one attached hydrogen (secondary N) is 1. The largest absolute Gasteiger partial charge is 0.351 e. The van der Waals surface area contributed by atoms with Crippen LogP contribution in [0.5, 0.6) is 0 Å². The number of aromatic amines is 1. The molecule has 2 heterocycles. The van der Waals surface area contributed by atoms with Crippen LogP contribution in [0.1, 0.15) is 24.7 Å². The lowest BCUT2D eigenvalue weighted by molar-refractivity contribution is 0.734. The lowest BCUT2D eigenvalue weighted by Crippen LogP contribution is -2.24. The maximum atomic E-state index is 13.2. The molecule has 2 aromatic heterocycles. The monoisotopic (exact) mass is 449 g/mol. The first-order valence-corrected chi connectivity index (χ1v) is 11.1. The summed E-state index contributed by atoms with van der Waals surface area (Å²) in [6.07, 6.45) is 4.77. The van der Waals surface area contributed by atoms with Crippen LogP contribution in [0.15, 0.2) is 89.7 Å². The predicted octanol–water partition coefficient (Wildman–Crippen LogP) is 4.35. The molecule has 0 amide bonds. The van der Waals surface area contributed by atoms with Crippen molar-refractivity contribution in [1.82, 2.24) is 35.0 Å². The minimum atomic E-state index is -0.167. The standard InChI is InChI=1S/C26H23N7O/c1-2-3-12-24-29-33(23-10-5-4-6-11-23)26(34)32(24)18-19-13-15-20(16-14-19)21-8-7-9-22(17-21)25-27-30-31-28-25/h3-17H,2,18H2,1H3,(H,27,28,30,31)/b12-3+. The van der Waals surface area contributed by atoms with E-state index in [2.05, 4.69) is 44.8 Å². The van der Waals surface area contributed by atoms with Gasteiger partial charge in [0.15, 0.2) is 11.6 Å². The minimum absolute atomic E-state index is 0.167. The zero-order valence-corrected chi connectivity index (χ0v) is 18.7. The van der Waals surface area contributed by atoms with Gasteiger partial charge in [0, 0.05) is 5.56 Å². The van der Waals surface area contributed by atoms with Crippen molar-refractivity contribution in [2.45, 2.75) is 19.9 Å². The van der Waals surface area contributed by atoms with Crippen molar-refractivity contribution in [2.24, 2.45) is 0 Å². The van der Waals surface area contributed by atoms with Gasteiger partial charge in [-0.2, -0.15) is 4.68 Å². The number of tetrazole rings is 1. The van der Waals surface area contributed by atoms with Crippen molar-refractivity contribution >= 4 is 6.08 Å². The molecule has 0 unspecified atom stereocenters. The minimum Gasteiger partial charge on any atom is -0.271 e. The second kappa shape index (κ2) is 9.50. The molecule has 0 radical (unpaired) electrons. The topological polar surface area (TPSA) is 94.3 Å². The maximum Gasteiger partial charge on any atom is 0.351 e. The highest BCUT2D eigenvalue weighted by Gasteiger charge is 2.13. The molecule has 0 aliphatic heterocycles. The van der Waals surface area contributed by atoms with Crippen LogP contribution in [0, 0.1) is 0 Å². The van der Waals surface area contributed by atoms with E-state index in [0.717, 1.165) is 34.4 Å². The summed E-state index contributed by atoms with van der Waals surface area (Å²) in [5.41, 5.74) is 4.63. The normalized spacial score (nSPS) is 11.3. The van der Waals surface area contributed by atoms with Gasteiger partial charge in [-0.25, -0.2) is 9.89 Å². The molecule has 8 heteroatoms. The van der Waals surface area contributed by atoms with E-state index < -0.39 is 0 Å². The Labute approximate surface area is 196 Å². The van der Waals surface area contributed by atoms with Crippen LogP contribution in [0.25, 0.3) is 34.3 Å². The Bertz CT molecular complexity index is 1460. The molecule has 0 aliphatic carbocycles. The summed E-state index contributed by atoms with van der Waals surface area (Å²) < 4.78 is 3.15. The zero-order chi connectivity index (χ0) is 23.3. The number of benzene rings is 3. The second-order valence-corrected chi connectivity index (χ2v) is 7.81. The molecule has 3 aromatic carbocycles. The van der Waals surface area contributed by atoms with Crippen molar-refractivity contribution < 1.29 is 0 Å². The molecular formula is C26H23N7O. The van der Waals surface area contributed by atoms with Gasteiger partial charge >= 0.3 is 5.69 Å². The quantitative estimate of drug-likeness (QED) is 0.399. The van der Waals surface area contributed by atoms with Crippen LogP contribution >= 0.6 is 0 Å². The molecule has 0 saturated carbocycles. The average Bonchev–Trinajstić information content (AvgIpc) is 3.53. The van der Waals surface area contributed by atoms with Crippen LogP contribution in [0.2, 0.25) is 0 Å². The fourth-order valence-electron chi connectivity index (χ4n) is 3.76. The fraction of sp³-hybridized carbons (Fsp3) is 0.115. The molecular weight excluding hydrogens is 426 g/mol. The first-order valence-electron chi connectivity index (χ1n) is 11.1. The molecule has 34 heavy (non-hydrogen) atoms. The molecule has 0 spiro atoms. The third-order valence-electron chi connectivity index (χ3n) is 5.50. The van der Waals surface area contributed by atoms with Crippen molar-refractivity contribution in [2.75, 3.05) is 0 Å². The summed E-state index contributed by atoms with van der Waals surface area (Å²) in [6.45, 7) is 2.48. The predicted molar refractivity (Wildman–Crippen MR) is 131 cm³/mol. The lowest BCUT2D eigenvalue weighted by atomic mass is 10.0. The molecule has 1 N–H and O–H groups in total. The third kappa shape index (κ3) is 4.33. The lowest BCUT2D eigenvalue weighted by Gasteiger charge is -2.07. The van der Waals surface area contributed by atoms with E-state index >= 15 is 0 Å². The van der Waals surface area contributed by atoms with Crippen molar-refractivity contribution in [1.29, 1.82) is 0 Å². The molecule has 8 nitrogen and oxygen atoms in total. The average molecular weight is 450 g/mol. The first kappa shape index (κ1) is 21.3. The van der Waals surface area contributed by atoms with Crippen LogP contribution in [-0.2, 0) is 6.54 Å². The number of hydrogen-bond acceptors (Lipinski definition) is 5. The van der Waals surface area contributed by atoms with Crippen molar-refractivity contribution in [3.63, 3.8) is 0 Å². The Balaban J connectivity index is 1.44. The van der Waals surface area contributed by atoms with Gasteiger partial charge in [-0.05, 0) is 57.8 Å². The molecule has 168 valence electrons. The summed E-state index contributed by atoms with van der Waals surface area (Å²) in [7, 11) is 0. The first-order chi connectivity index (χ1) is 16.7. The molecule has 0 atom stereocenters. The number of hydrogen-bond donors (Lipinski definition) is 1. The number of H-pyrrole nitrogens is 1. The Morgan fingerprint density at radius 1 is 0.912 bits per heavy atom. The Morgan fingerprint density at radius 2 is 1.71 bits per heavy atom. The van der Waals surface area contributed by atoms with Crippen LogP contribution in [0.4, 0.5) is 0 Å². The highest BCUT2D eigenvalue weighted by atomic mass is 16.2. The van der Waals surface area contributed by atoms with Crippen molar-refractivity contribution in [3.05, 3.63) is 107 Å². The smallest absolute Gasteiger partial charge is 0.271 e. The van der Waals surface area contributed by atoms with E-state index in [1.807, 2.05) is 78.9 Å². The van der Waals surface area contributed by atoms with Gasteiger partial charge in [0.25, 0.3) is 0 Å². The van der Waals surface area contributed by atoms with E-state index in [4.69, 9.17) is 0 Å². The van der Waals surface area contributed by atoms with Gasteiger partial charge < -0.3 is 0 Å². The summed E-state index contributed by atoms with van der Waals surface area (Å²) in [5, 5.41) is 18.6. The van der Waals surface area contributed by atoms with E-state index in [9.17, 15) is 4.79 Å². The van der Waals surface area contributed by atoms with E-state index in [1.54, 1.807) is 4.57 Å². The zero-order valence-electron chi connectivity index (χ0n) is 18.7. The van der Waals surface area contributed by atoms with Gasteiger partial charge in [-0.3, -0.25) is 4.57 Å². The molecule has 5 aromatic rings. The van der Waals surface area contributed by atoms with Crippen LogP contribution < -0.4 is 5.69 Å². The highest BCUT2D eigenvalue weighted by Crippen LogP contribution is 2.24. The van der Waals surface area contributed by atoms with E-state index in [-0.39, 0.29) is 5.69 Å². The number of nitrogens with zero attached hydrogens (tertiary/aromatic N) is 6. The Morgan fingerprint density at radius 3 is 2.44 bits per heavy atom. The maximum absolute atomic E-state index is 13.2. The highest BCUT2D eigenvalue weighted by molar-refractivity contribution is 5.70. The summed E-state index contributed by atoms with van der Waals surface area (Å²) >= 11 is 0. The SMILES string of the molecule is CC/C=C/c1nn(-c2ccccc2)c(=O)n1Cc1ccc(-c2cccc(-c3nnn[nH]3)c2)cc1. The summed E-state index contributed by atoms with van der Waals surface area (Å²) in [4.78, 5) is 13.2. The van der Waals surface area contributed by atoms with Gasteiger partial charge in [-0.15, -0.1) is 10.2 Å². The van der Waals surface area contributed by atoms with E-state index in [1.165, 1.54) is 4.68 Å². The molecule has 0 bridgehead atoms. The number of aromatic nitrogens is 7. The molecule has 0 saturated heterocycles. The molecule has 0 fully saturated rings. The van der Waals surface area contributed by atoms with Crippen LogP contribution in [-0.4, -0.2) is 35.0 Å². The second-order valence-electron chi connectivity index (χ2n) is 7.81. The van der Waals surface area contributed by atoms with Crippen molar-refractivity contribution in [3.8, 4) is 28.2 Å². The third-order valence-corrected chi connectivity index (χ3v) is 5.50. The van der Waals surface area contributed by atoms with Crippen LogP contribution in [0.3, 0.4) is 0 Å². The van der Waals surface area contributed by atoms with Gasteiger partial charge in [0.1, 0.15) is 0 Å². The number of allylic oxidation sites excluding steroid dienone is 1. The molecule has 0 aliphatic rings. The number of para-hydroxylation sites is 1. The molecule has 5 rings (SSSR count).